The minimum absolute atomic E-state index is 0.360. The molecule has 1 unspecified atom stereocenters. The summed E-state index contributed by atoms with van der Waals surface area (Å²) in [7, 11) is 0. The van der Waals surface area contributed by atoms with Crippen LogP contribution in [-0.4, -0.2) is 23.9 Å². The fraction of sp³-hybridized carbons (Fsp3) is 0.381. The van der Waals surface area contributed by atoms with E-state index in [1.807, 2.05) is 24.3 Å². The molecule has 28 heavy (non-hydrogen) atoms. The third-order valence-corrected chi connectivity index (χ3v) is 5.47. The van der Waals surface area contributed by atoms with Crippen molar-refractivity contribution in [1.82, 2.24) is 5.32 Å². The molecular weight excluding hydrogens is 369 g/mol. The highest BCUT2D eigenvalue weighted by Crippen LogP contribution is 2.39. The van der Waals surface area contributed by atoms with Gasteiger partial charge in [-0.1, -0.05) is 41.1 Å². The molecule has 2 aliphatic rings. The molecule has 148 valence electrons. The lowest BCUT2D eigenvalue weighted by Crippen LogP contribution is -2.56. The molecule has 2 aromatic carbocycles. The van der Waals surface area contributed by atoms with E-state index in [1.54, 1.807) is 19.9 Å². The lowest BCUT2D eigenvalue weighted by atomic mass is 9.85. The molecule has 1 saturated heterocycles. The van der Waals surface area contributed by atoms with Crippen LogP contribution in [0.3, 0.4) is 0 Å². The Labute approximate surface area is 161 Å². The van der Waals surface area contributed by atoms with E-state index in [1.165, 1.54) is 0 Å². The van der Waals surface area contributed by atoms with Gasteiger partial charge in [-0.25, -0.2) is 0 Å². The number of nitrogens with one attached hydrogen (secondary N) is 1. The number of alkyl halides is 3. The van der Waals surface area contributed by atoms with E-state index in [0.717, 1.165) is 23.3 Å². The summed E-state index contributed by atoms with van der Waals surface area (Å²) >= 11 is 0. The van der Waals surface area contributed by atoms with Crippen molar-refractivity contribution in [3.05, 3.63) is 70.3 Å². The first kappa shape index (κ1) is 19.0. The number of halogens is 3. The first-order valence-electron chi connectivity index (χ1n) is 9.08. The van der Waals surface area contributed by atoms with Crippen molar-refractivity contribution in [1.29, 1.82) is 0 Å². The van der Waals surface area contributed by atoms with Crippen molar-refractivity contribution in [3.8, 4) is 0 Å². The zero-order chi connectivity index (χ0) is 20.2. The van der Waals surface area contributed by atoms with Gasteiger partial charge in [-0.15, -0.1) is 0 Å². The average Bonchev–Trinajstić information content (AvgIpc) is 3.02. The van der Waals surface area contributed by atoms with Crippen LogP contribution in [0, 0.1) is 6.92 Å². The second-order valence-electron chi connectivity index (χ2n) is 7.83. The van der Waals surface area contributed by atoms with Crippen molar-refractivity contribution >= 4 is 5.71 Å². The summed E-state index contributed by atoms with van der Waals surface area (Å²) in [5.74, 6) is 0. The molecule has 0 radical (unpaired) electrons. The van der Waals surface area contributed by atoms with Gasteiger partial charge >= 0.3 is 6.18 Å². The predicted octanol–water partition coefficient (Wildman–Crippen LogP) is 3.84. The number of hydrogen-bond donors (Lipinski definition) is 2. The van der Waals surface area contributed by atoms with E-state index in [4.69, 9.17) is 4.84 Å². The summed E-state index contributed by atoms with van der Waals surface area (Å²) < 4.78 is 39.5. The molecule has 7 heteroatoms. The Morgan fingerprint density at radius 2 is 1.75 bits per heavy atom. The van der Waals surface area contributed by atoms with Gasteiger partial charge in [-0.05, 0) is 42.7 Å². The molecule has 1 fully saturated rings. The van der Waals surface area contributed by atoms with Crippen molar-refractivity contribution in [2.45, 2.75) is 37.6 Å². The van der Waals surface area contributed by atoms with Crippen LogP contribution in [0.15, 0.2) is 47.6 Å². The highest BCUT2D eigenvalue weighted by atomic mass is 19.4. The molecule has 2 aromatic rings. The van der Waals surface area contributed by atoms with Gasteiger partial charge in [0.15, 0.2) is 5.60 Å². The first-order chi connectivity index (χ1) is 13.1. The van der Waals surface area contributed by atoms with Gasteiger partial charge in [-0.3, -0.25) is 0 Å². The Balaban J connectivity index is 1.57. The molecule has 2 N–H and O–H groups in total. The molecule has 2 aliphatic heterocycles. The van der Waals surface area contributed by atoms with Crippen LogP contribution in [0.5, 0.6) is 0 Å². The molecular formula is C21H21F3N2O2. The molecule has 4 rings (SSSR count). The Morgan fingerprint density at radius 1 is 1.07 bits per heavy atom. The largest absolute Gasteiger partial charge is 0.416 e. The quantitative estimate of drug-likeness (QED) is 0.837. The van der Waals surface area contributed by atoms with Crippen molar-refractivity contribution in [2.24, 2.45) is 5.16 Å². The molecule has 4 nitrogen and oxygen atoms in total. The topological polar surface area (TPSA) is 53.8 Å². The number of rotatable bonds is 3. The molecule has 0 bridgehead atoms. The van der Waals surface area contributed by atoms with Crippen LogP contribution in [0.1, 0.15) is 41.2 Å². The maximum absolute atomic E-state index is 13.2. The zero-order valence-corrected chi connectivity index (χ0v) is 15.6. The molecule has 0 spiro atoms. The summed E-state index contributed by atoms with van der Waals surface area (Å²) in [5, 5.41) is 17.6. The van der Waals surface area contributed by atoms with Crippen molar-refractivity contribution in [3.63, 3.8) is 0 Å². The number of aryl methyl sites for hydroxylation is 1. The fourth-order valence-corrected chi connectivity index (χ4v) is 3.64. The monoisotopic (exact) mass is 390 g/mol. The molecule has 0 aliphatic carbocycles. The molecule has 0 aromatic heterocycles. The maximum atomic E-state index is 13.2. The fourth-order valence-electron chi connectivity index (χ4n) is 3.64. The van der Waals surface area contributed by atoms with Crippen molar-refractivity contribution in [2.75, 3.05) is 13.1 Å². The highest BCUT2D eigenvalue weighted by molar-refractivity contribution is 6.01. The van der Waals surface area contributed by atoms with E-state index < -0.39 is 22.9 Å². The molecule has 2 heterocycles. The number of benzene rings is 2. The molecule has 0 saturated carbocycles. The number of β-amino-alcohol motifs (C(OH)–C–C–N with tert-alkyl or cyclic N) is 1. The SMILES string of the molecule is Cc1cc(C(F)(F)F)cc(C2(C)CC(c3ccc(C4(O)CNC4)cc3)=NO2)c1. The maximum Gasteiger partial charge on any atom is 0.416 e. The number of aliphatic hydroxyl groups is 1. The summed E-state index contributed by atoms with van der Waals surface area (Å²) in [6, 6.07) is 11.4. The van der Waals surface area contributed by atoms with Gasteiger partial charge < -0.3 is 15.3 Å². The second-order valence-corrected chi connectivity index (χ2v) is 7.83. The number of oxime groups is 1. The van der Waals surface area contributed by atoms with Gasteiger partial charge in [-0.2, -0.15) is 13.2 Å². The van der Waals surface area contributed by atoms with Crippen molar-refractivity contribution < 1.29 is 23.1 Å². The third-order valence-electron chi connectivity index (χ3n) is 5.47. The molecule has 0 amide bonds. The van der Waals surface area contributed by atoms with Gasteiger partial charge in [0, 0.05) is 19.5 Å². The van der Waals surface area contributed by atoms with Gasteiger partial charge in [0.05, 0.1) is 11.3 Å². The van der Waals surface area contributed by atoms with Crippen LogP contribution >= 0.6 is 0 Å². The third kappa shape index (κ3) is 3.29. The standard InChI is InChI=1S/C21H21F3N2O2/c1-13-7-16(9-17(8-13)21(22,23)24)19(2)10-18(26-28-19)14-3-5-15(6-4-14)20(27)11-25-12-20/h3-9,25,27H,10-12H2,1-2H3. The highest BCUT2D eigenvalue weighted by Gasteiger charge is 2.40. The van der Waals surface area contributed by atoms with Crippen LogP contribution in [-0.2, 0) is 22.2 Å². The second kappa shape index (κ2) is 6.32. The van der Waals surface area contributed by atoms with E-state index in [9.17, 15) is 18.3 Å². The minimum Gasteiger partial charge on any atom is -0.384 e. The first-order valence-corrected chi connectivity index (χ1v) is 9.08. The van der Waals surface area contributed by atoms with Gasteiger partial charge in [0.25, 0.3) is 0 Å². The van der Waals surface area contributed by atoms with Crippen LogP contribution < -0.4 is 5.32 Å². The normalized spacial score (nSPS) is 23.7. The zero-order valence-electron chi connectivity index (χ0n) is 15.6. The Kier molecular flexibility index (Phi) is 4.28. The Morgan fingerprint density at radius 3 is 2.32 bits per heavy atom. The number of hydrogen-bond acceptors (Lipinski definition) is 4. The van der Waals surface area contributed by atoms with Gasteiger partial charge in [0.2, 0.25) is 0 Å². The number of nitrogens with zero attached hydrogens (tertiary/aromatic N) is 1. The lowest BCUT2D eigenvalue weighted by molar-refractivity contribution is -0.137. The van der Waals surface area contributed by atoms with E-state index >= 15 is 0 Å². The summed E-state index contributed by atoms with van der Waals surface area (Å²) in [6.07, 6.45) is -4.05. The summed E-state index contributed by atoms with van der Waals surface area (Å²) in [5.41, 5.74) is 0.806. The average molecular weight is 390 g/mol. The molecule has 1 atom stereocenters. The van der Waals surface area contributed by atoms with Crippen LogP contribution in [0.4, 0.5) is 13.2 Å². The Bertz CT molecular complexity index is 934. The van der Waals surface area contributed by atoms with Gasteiger partial charge in [0.1, 0.15) is 5.60 Å². The lowest BCUT2D eigenvalue weighted by Gasteiger charge is -2.38. The smallest absolute Gasteiger partial charge is 0.384 e. The predicted molar refractivity (Wildman–Crippen MR) is 99.0 cm³/mol. The van der Waals surface area contributed by atoms with Crippen LogP contribution in [0.2, 0.25) is 0 Å². The Hall–Kier alpha value is -2.38. The van der Waals surface area contributed by atoms with E-state index in [-0.39, 0.29) is 0 Å². The summed E-state index contributed by atoms with van der Waals surface area (Å²) in [6.45, 7) is 4.42. The minimum atomic E-state index is -4.41. The van der Waals surface area contributed by atoms with E-state index in [2.05, 4.69) is 10.5 Å². The van der Waals surface area contributed by atoms with Crippen LogP contribution in [0.25, 0.3) is 0 Å². The van der Waals surface area contributed by atoms with E-state index in [0.29, 0.717) is 36.3 Å². The summed E-state index contributed by atoms with van der Waals surface area (Å²) in [4.78, 5) is 5.61.